The Bertz CT molecular complexity index is 663. The van der Waals surface area contributed by atoms with Crippen LogP contribution < -0.4 is 5.09 Å². The fourth-order valence-corrected chi connectivity index (χ4v) is 3.40. The molecule has 0 spiro atoms. The Morgan fingerprint density at radius 3 is 2.38 bits per heavy atom. The van der Waals surface area contributed by atoms with Gasteiger partial charge in [-0.3, -0.25) is 14.2 Å². The van der Waals surface area contributed by atoms with Gasteiger partial charge in [-0.25, -0.2) is 5.09 Å². The monoisotopic (exact) mass is 369 g/mol. The summed E-state index contributed by atoms with van der Waals surface area (Å²) in [4.78, 5) is 31.2. The van der Waals surface area contributed by atoms with Gasteiger partial charge in [-0.2, -0.15) is 13.2 Å². The molecule has 24 heavy (non-hydrogen) atoms. The van der Waals surface area contributed by atoms with Crippen molar-refractivity contribution in [1.29, 1.82) is 0 Å². The van der Waals surface area contributed by atoms with Crippen molar-refractivity contribution >= 4 is 19.5 Å². The van der Waals surface area contributed by atoms with E-state index in [1.54, 1.807) is 0 Å². The number of rotatable bonds is 8. The molecule has 0 aliphatic carbocycles. The molecule has 7 nitrogen and oxygen atoms in total. The van der Waals surface area contributed by atoms with Gasteiger partial charge in [-0.15, -0.1) is 0 Å². The molecule has 0 aromatic heterocycles. The SMILES string of the molecule is O=C(O)CCC(NP(=O)(O)Cc1cccc(C(F)(F)F)c1)C(=O)O. The Morgan fingerprint density at radius 1 is 1.25 bits per heavy atom. The van der Waals surface area contributed by atoms with Crippen LogP contribution in [0.2, 0.25) is 0 Å². The number of benzene rings is 1. The van der Waals surface area contributed by atoms with Gasteiger partial charge in [0, 0.05) is 6.42 Å². The van der Waals surface area contributed by atoms with E-state index in [9.17, 15) is 32.2 Å². The molecule has 0 aliphatic rings. The number of hydrogen-bond donors (Lipinski definition) is 4. The van der Waals surface area contributed by atoms with Crippen LogP contribution in [0.1, 0.15) is 24.0 Å². The highest BCUT2D eigenvalue weighted by Gasteiger charge is 2.32. The van der Waals surface area contributed by atoms with E-state index < -0.39 is 56.2 Å². The predicted octanol–water partition coefficient (Wildman–Crippen LogP) is 2.30. The van der Waals surface area contributed by atoms with Crippen molar-refractivity contribution in [1.82, 2.24) is 5.09 Å². The van der Waals surface area contributed by atoms with E-state index in [-0.39, 0.29) is 5.56 Å². The van der Waals surface area contributed by atoms with E-state index in [4.69, 9.17) is 10.2 Å². The Hall–Kier alpha value is -1.90. The first-order valence-corrected chi connectivity index (χ1v) is 8.45. The number of aliphatic carboxylic acids is 2. The normalized spacial score (nSPS) is 15.5. The Labute approximate surface area is 134 Å². The summed E-state index contributed by atoms with van der Waals surface area (Å²) in [5.74, 6) is -2.82. The third-order valence-corrected chi connectivity index (χ3v) is 4.46. The second-order valence-electron chi connectivity index (χ2n) is 5.01. The summed E-state index contributed by atoms with van der Waals surface area (Å²) < 4.78 is 49.9. The highest BCUT2D eigenvalue weighted by Crippen LogP contribution is 2.41. The maximum Gasteiger partial charge on any atom is 0.416 e. The van der Waals surface area contributed by atoms with E-state index >= 15 is 0 Å². The van der Waals surface area contributed by atoms with Gasteiger partial charge >= 0.3 is 18.1 Å². The molecule has 1 aromatic carbocycles. The van der Waals surface area contributed by atoms with Gasteiger partial charge < -0.3 is 15.1 Å². The maximum absolute atomic E-state index is 12.6. The smallest absolute Gasteiger partial charge is 0.416 e. The lowest BCUT2D eigenvalue weighted by atomic mass is 10.1. The van der Waals surface area contributed by atoms with Gasteiger partial charge in [0.05, 0.1) is 11.7 Å². The molecule has 0 aliphatic heterocycles. The lowest BCUT2D eigenvalue weighted by Crippen LogP contribution is -2.35. The molecule has 4 N–H and O–H groups in total. The maximum atomic E-state index is 12.6. The van der Waals surface area contributed by atoms with Crippen LogP contribution in [0.3, 0.4) is 0 Å². The second-order valence-corrected chi connectivity index (χ2v) is 6.99. The number of carboxylic acid groups (broad SMARTS) is 2. The number of carboxylic acids is 2. The summed E-state index contributed by atoms with van der Waals surface area (Å²) in [5, 5.41) is 19.4. The van der Waals surface area contributed by atoms with Crippen LogP contribution in [0.15, 0.2) is 24.3 Å². The van der Waals surface area contributed by atoms with Crippen molar-refractivity contribution in [3.05, 3.63) is 35.4 Å². The molecular weight excluding hydrogens is 354 g/mol. The first kappa shape index (κ1) is 20.1. The van der Waals surface area contributed by atoms with Crippen molar-refractivity contribution in [3.8, 4) is 0 Å². The second kappa shape index (κ2) is 7.78. The highest BCUT2D eigenvalue weighted by atomic mass is 31.2. The van der Waals surface area contributed by atoms with Crippen LogP contribution in [-0.2, 0) is 26.5 Å². The summed E-state index contributed by atoms with van der Waals surface area (Å²) in [6, 6.07) is 2.15. The van der Waals surface area contributed by atoms with E-state index in [1.807, 2.05) is 5.09 Å². The largest absolute Gasteiger partial charge is 0.481 e. The first-order valence-electron chi connectivity index (χ1n) is 6.61. The summed E-state index contributed by atoms with van der Waals surface area (Å²) >= 11 is 0. The topological polar surface area (TPSA) is 124 Å². The van der Waals surface area contributed by atoms with Gasteiger partial charge in [0.15, 0.2) is 0 Å². The molecule has 0 amide bonds. The Morgan fingerprint density at radius 2 is 1.88 bits per heavy atom. The predicted molar refractivity (Wildman–Crippen MR) is 76.4 cm³/mol. The Balaban J connectivity index is 2.86. The molecule has 11 heteroatoms. The average Bonchev–Trinajstić information content (AvgIpc) is 2.41. The zero-order valence-corrected chi connectivity index (χ0v) is 13.0. The van der Waals surface area contributed by atoms with Gasteiger partial charge in [0.25, 0.3) is 7.52 Å². The van der Waals surface area contributed by atoms with Crippen LogP contribution in [0.4, 0.5) is 13.2 Å². The van der Waals surface area contributed by atoms with Crippen LogP contribution in [-0.4, -0.2) is 33.1 Å². The zero-order chi connectivity index (χ0) is 18.5. The first-order chi connectivity index (χ1) is 10.9. The summed E-state index contributed by atoms with van der Waals surface area (Å²) in [6.07, 6.45) is -6.34. The molecule has 134 valence electrons. The minimum Gasteiger partial charge on any atom is -0.481 e. The van der Waals surface area contributed by atoms with Crippen molar-refractivity contribution in [3.63, 3.8) is 0 Å². The molecule has 0 saturated carbocycles. The van der Waals surface area contributed by atoms with E-state index in [1.165, 1.54) is 6.07 Å². The minimum absolute atomic E-state index is 0.106. The molecule has 0 radical (unpaired) electrons. The molecule has 1 aromatic rings. The zero-order valence-electron chi connectivity index (χ0n) is 12.2. The highest BCUT2D eigenvalue weighted by molar-refractivity contribution is 7.55. The van der Waals surface area contributed by atoms with Crippen LogP contribution in [0.25, 0.3) is 0 Å². The quantitative estimate of drug-likeness (QED) is 0.518. The number of carbonyl (C=O) groups is 2. The summed E-state index contributed by atoms with van der Waals surface area (Å²) in [7, 11) is -4.35. The van der Waals surface area contributed by atoms with E-state index in [2.05, 4.69) is 0 Å². The van der Waals surface area contributed by atoms with Gasteiger partial charge in [-0.1, -0.05) is 18.2 Å². The van der Waals surface area contributed by atoms with Crippen molar-refractivity contribution < 1.29 is 42.4 Å². The van der Waals surface area contributed by atoms with Crippen molar-refractivity contribution in [2.45, 2.75) is 31.2 Å². The summed E-state index contributed by atoms with van der Waals surface area (Å²) in [6.45, 7) is 0. The summed E-state index contributed by atoms with van der Waals surface area (Å²) in [5.41, 5.74) is -1.11. The molecule has 0 fully saturated rings. The van der Waals surface area contributed by atoms with Gasteiger partial charge in [-0.05, 0) is 18.1 Å². The third-order valence-electron chi connectivity index (χ3n) is 2.95. The van der Waals surface area contributed by atoms with Crippen molar-refractivity contribution in [2.75, 3.05) is 0 Å². The fraction of sp³-hybridized carbons (Fsp3) is 0.385. The molecule has 2 unspecified atom stereocenters. The van der Waals surface area contributed by atoms with E-state index in [0.29, 0.717) is 6.07 Å². The molecule has 0 bridgehead atoms. The number of nitrogens with one attached hydrogen (secondary N) is 1. The molecule has 0 saturated heterocycles. The standard InChI is InChI=1S/C13H15F3NO6P/c14-13(15,16)9-3-1-2-8(6-9)7-24(22,23)17-10(12(20)21)4-5-11(18)19/h1-3,6,10H,4-5,7H2,(H,18,19)(H,20,21)(H2,17,22,23). The van der Waals surface area contributed by atoms with E-state index in [0.717, 1.165) is 12.1 Å². The number of alkyl halides is 3. The van der Waals surface area contributed by atoms with Crippen molar-refractivity contribution in [2.24, 2.45) is 0 Å². The van der Waals surface area contributed by atoms with Crippen LogP contribution in [0.5, 0.6) is 0 Å². The lowest BCUT2D eigenvalue weighted by Gasteiger charge is -2.19. The van der Waals surface area contributed by atoms with Gasteiger partial charge in [0.2, 0.25) is 0 Å². The number of halogens is 3. The molecular formula is C13H15F3NO6P. The molecule has 1 rings (SSSR count). The molecule has 0 heterocycles. The average molecular weight is 369 g/mol. The third kappa shape index (κ3) is 6.69. The number of hydrogen-bond acceptors (Lipinski definition) is 3. The fourth-order valence-electron chi connectivity index (χ4n) is 1.89. The lowest BCUT2D eigenvalue weighted by molar-refractivity contribution is -0.140. The van der Waals surface area contributed by atoms with Crippen LogP contribution >= 0.6 is 7.52 Å². The minimum atomic E-state index is -4.62. The van der Waals surface area contributed by atoms with Crippen LogP contribution in [0, 0.1) is 0 Å². The van der Waals surface area contributed by atoms with Gasteiger partial charge in [0.1, 0.15) is 6.04 Å². The Kier molecular flexibility index (Phi) is 6.53. The molecule has 2 atom stereocenters.